The van der Waals surface area contributed by atoms with Gasteiger partial charge in [0.05, 0.1) is 23.5 Å². The summed E-state index contributed by atoms with van der Waals surface area (Å²) in [4.78, 5) is 8.75. The summed E-state index contributed by atoms with van der Waals surface area (Å²) in [7, 11) is 0. The molecule has 2 heterocycles. The van der Waals surface area contributed by atoms with E-state index < -0.39 is 0 Å². The van der Waals surface area contributed by atoms with Crippen molar-refractivity contribution in [1.29, 1.82) is 0 Å². The lowest BCUT2D eigenvalue weighted by molar-refractivity contribution is 0.204. The highest BCUT2D eigenvalue weighted by Gasteiger charge is 2.17. The van der Waals surface area contributed by atoms with Gasteiger partial charge in [0.15, 0.2) is 0 Å². The highest BCUT2D eigenvalue weighted by Crippen LogP contribution is 2.25. The van der Waals surface area contributed by atoms with Crippen molar-refractivity contribution in [3.05, 3.63) is 17.3 Å². The topological polar surface area (TPSA) is 65.6 Å². The van der Waals surface area contributed by atoms with E-state index in [4.69, 9.17) is 22.4 Å². The fraction of sp³-hybridized carbons (Fsp3) is 0.583. The van der Waals surface area contributed by atoms with Crippen LogP contribution in [0.1, 0.15) is 6.42 Å². The van der Waals surface area contributed by atoms with Crippen molar-refractivity contribution in [2.75, 3.05) is 50.0 Å². The molecule has 0 atom stereocenters. The molecule has 1 fully saturated rings. The molecule has 3 N–H and O–H groups in total. The number of aromatic nitrogens is 1. The van der Waals surface area contributed by atoms with Gasteiger partial charge in [-0.3, -0.25) is 4.90 Å². The molecule has 0 spiro atoms. The largest absolute Gasteiger partial charge is 0.397 e. The zero-order valence-corrected chi connectivity index (χ0v) is 11.1. The number of aliphatic hydroxyl groups is 1. The first-order valence-corrected chi connectivity index (χ1v) is 6.57. The van der Waals surface area contributed by atoms with Crippen molar-refractivity contribution in [3.63, 3.8) is 0 Å². The highest BCUT2D eigenvalue weighted by atomic mass is 35.5. The van der Waals surface area contributed by atoms with Gasteiger partial charge in [-0.1, -0.05) is 11.6 Å². The molecule has 0 amide bonds. The first-order chi connectivity index (χ1) is 8.70. The molecule has 1 aliphatic heterocycles. The lowest BCUT2D eigenvalue weighted by Gasteiger charge is -2.23. The van der Waals surface area contributed by atoms with Crippen LogP contribution in [0.4, 0.5) is 11.5 Å². The van der Waals surface area contributed by atoms with Crippen LogP contribution >= 0.6 is 11.6 Å². The van der Waals surface area contributed by atoms with E-state index in [0.29, 0.717) is 10.7 Å². The molecule has 0 radical (unpaired) electrons. The third kappa shape index (κ3) is 3.25. The zero-order chi connectivity index (χ0) is 13.0. The molecular formula is C12H19ClN4O. The molecule has 1 aromatic rings. The SMILES string of the molecule is Nc1cnc(N2CCCN(CCO)CC2)c(Cl)c1. The Hall–Kier alpha value is -1.04. The zero-order valence-electron chi connectivity index (χ0n) is 10.3. The Labute approximate surface area is 112 Å². The first-order valence-electron chi connectivity index (χ1n) is 6.20. The lowest BCUT2D eigenvalue weighted by Crippen LogP contribution is -2.32. The maximum Gasteiger partial charge on any atom is 0.147 e. The summed E-state index contributed by atoms with van der Waals surface area (Å²) in [6.45, 7) is 4.67. The van der Waals surface area contributed by atoms with Crippen LogP contribution in [-0.2, 0) is 0 Å². The van der Waals surface area contributed by atoms with Crippen LogP contribution in [0, 0.1) is 0 Å². The molecule has 2 rings (SSSR count). The van der Waals surface area contributed by atoms with Crippen molar-refractivity contribution in [2.24, 2.45) is 0 Å². The minimum atomic E-state index is 0.209. The molecule has 1 aromatic heterocycles. The predicted octanol–water partition coefficient (Wildman–Crippen LogP) is 0.822. The molecule has 5 nitrogen and oxygen atoms in total. The van der Waals surface area contributed by atoms with Crippen molar-refractivity contribution in [1.82, 2.24) is 9.88 Å². The average molecular weight is 271 g/mol. The Bertz CT molecular complexity index is 402. The van der Waals surface area contributed by atoms with E-state index in [1.54, 1.807) is 12.3 Å². The van der Waals surface area contributed by atoms with Crippen LogP contribution in [-0.4, -0.2) is 54.3 Å². The molecule has 0 aromatic carbocycles. The summed E-state index contributed by atoms with van der Waals surface area (Å²) in [5.74, 6) is 0.803. The second-order valence-corrected chi connectivity index (χ2v) is 4.89. The van der Waals surface area contributed by atoms with Gasteiger partial charge in [0.1, 0.15) is 5.82 Å². The monoisotopic (exact) mass is 270 g/mol. The quantitative estimate of drug-likeness (QED) is 0.851. The Morgan fingerprint density at radius 2 is 2.17 bits per heavy atom. The lowest BCUT2D eigenvalue weighted by atomic mass is 10.3. The van der Waals surface area contributed by atoms with Crippen LogP contribution in [0.3, 0.4) is 0 Å². The van der Waals surface area contributed by atoms with Crippen molar-refractivity contribution >= 4 is 23.1 Å². The van der Waals surface area contributed by atoms with Crippen molar-refractivity contribution in [2.45, 2.75) is 6.42 Å². The fourth-order valence-corrected chi connectivity index (χ4v) is 2.52. The maximum absolute atomic E-state index is 8.97. The van der Waals surface area contributed by atoms with E-state index >= 15 is 0 Å². The average Bonchev–Trinajstić information content (AvgIpc) is 2.55. The van der Waals surface area contributed by atoms with E-state index in [0.717, 1.165) is 45.0 Å². The smallest absolute Gasteiger partial charge is 0.147 e. The van der Waals surface area contributed by atoms with Gasteiger partial charge in [-0.2, -0.15) is 0 Å². The Morgan fingerprint density at radius 1 is 1.33 bits per heavy atom. The van der Waals surface area contributed by atoms with Crippen LogP contribution in [0.5, 0.6) is 0 Å². The van der Waals surface area contributed by atoms with Gasteiger partial charge in [-0.05, 0) is 19.0 Å². The number of hydrogen-bond donors (Lipinski definition) is 2. The molecule has 0 saturated carbocycles. The van der Waals surface area contributed by atoms with Gasteiger partial charge < -0.3 is 15.7 Å². The summed E-state index contributed by atoms with van der Waals surface area (Å²) in [5, 5.41) is 9.57. The molecule has 0 bridgehead atoms. The third-order valence-electron chi connectivity index (χ3n) is 3.15. The number of nitrogen functional groups attached to an aromatic ring is 1. The van der Waals surface area contributed by atoms with Gasteiger partial charge >= 0.3 is 0 Å². The number of nitrogens with zero attached hydrogens (tertiary/aromatic N) is 3. The van der Waals surface area contributed by atoms with Gasteiger partial charge in [-0.25, -0.2) is 4.98 Å². The van der Waals surface area contributed by atoms with E-state index in [2.05, 4.69) is 14.8 Å². The number of aliphatic hydroxyl groups excluding tert-OH is 1. The number of halogens is 1. The molecule has 18 heavy (non-hydrogen) atoms. The molecule has 1 saturated heterocycles. The minimum Gasteiger partial charge on any atom is -0.397 e. The van der Waals surface area contributed by atoms with E-state index in [9.17, 15) is 0 Å². The molecule has 6 heteroatoms. The second-order valence-electron chi connectivity index (χ2n) is 4.48. The van der Waals surface area contributed by atoms with E-state index in [1.165, 1.54) is 0 Å². The van der Waals surface area contributed by atoms with Gasteiger partial charge in [0.2, 0.25) is 0 Å². The molecule has 1 aliphatic rings. The molecule has 100 valence electrons. The molecule has 0 aliphatic carbocycles. The number of β-amino-alcohol motifs (C(OH)–C–C–N with tert-alkyl or cyclic N) is 1. The number of hydrogen-bond acceptors (Lipinski definition) is 5. The summed E-state index contributed by atoms with van der Waals surface area (Å²) >= 11 is 6.18. The Morgan fingerprint density at radius 3 is 2.89 bits per heavy atom. The molecular weight excluding hydrogens is 252 g/mol. The Kier molecular flexibility index (Phi) is 4.63. The number of nitrogens with two attached hydrogens (primary N) is 1. The summed E-state index contributed by atoms with van der Waals surface area (Å²) in [6.07, 6.45) is 2.68. The van der Waals surface area contributed by atoms with Gasteiger partial charge in [0, 0.05) is 26.2 Å². The normalized spacial score (nSPS) is 17.8. The number of pyridine rings is 1. The standard InChI is InChI=1S/C12H19ClN4O/c13-11-8-10(14)9-15-12(11)17-3-1-2-16(4-5-17)6-7-18/h8-9,18H,1-7,14H2. The maximum atomic E-state index is 8.97. The Balaban J connectivity index is 2.05. The van der Waals surface area contributed by atoms with E-state index in [1.807, 2.05) is 0 Å². The van der Waals surface area contributed by atoms with Crippen LogP contribution in [0.15, 0.2) is 12.3 Å². The minimum absolute atomic E-state index is 0.209. The van der Waals surface area contributed by atoms with Crippen LogP contribution < -0.4 is 10.6 Å². The van der Waals surface area contributed by atoms with Crippen molar-refractivity contribution < 1.29 is 5.11 Å². The number of rotatable bonds is 3. The third-order valence-corrected chi connectivity index (χ3v) is 3.43. The van der Waals surface area contributed by atoms with Gasteiger partial charge in [0.25, 0.3) is 0 Å². The summed E-state index contributed by atoms with van der Waals surface area (Å²) in [6, 6.07) is 1.74. The number of anilines is 2. The summed E-state index contributed by atoms with van der Waals surface area (Å²) < 4.78 is 0. The first kappa shape index (κ1) is 13.4. The van der Waals surface area contributed by atoms with Gasteiger partial charge in [-0.15, -0.1) is 0 Å². The van der Waals surface area contributed by atoms with E-state index in [-0.39, 0.29) is 6.61 Å². The summed E-state index contributed by atoms with van der Waals surface area (Å²) in [5.41, 5.74) is 6.23. The van der Waals surface area contributed by atoms with Crippen molar-refractivity contribution in [3.8, 4) is 0 Å². The highest BCUT2D eigenvalue weighted by molar-refractivity contribution is 6.33. The van der Waals surface area contributed by atoms with Crippen LogP contribution in [0.2, 0.25) is 5.02 Å². The van der Waals surface area contributed by atoms with Crippen LogP contribution in [0.25, 0.3) is 0 Å². The molecule has 0 unspecified atom stereocenters. The predicted molar refractivity (Wildman–Crippen MR) is 74.0 cm³/mol. The second kappa shape index (κ2) is 6.22. The fourth-order valence-electron chi connectivity index (χ4n) is 2.23.